The molecule has 1 aliphatic heterocycles. The van der Waals surface area contributed by atoms with Crippen LogP contribution in [0.15, 0.2) is 0 Å². The highest BCUT2D eigenvalue weighted by Gasteiger charge is 2.40. The molecule has 2 aliphatic rings. The van der Waals surface area contributed by atoms with Crippen LogP contribution in [-0.2, 0) is 9.59 Å². The van der Waals surface area contributed by atoms with Crippen molar-refractivity contribution >= 4 is 11.8 Å². The Kier molecular flexibility index (Phi) is 4.71. The summed E-state index contributed by atoms with van der Waals surface area (Å²) in [5, 5.41) is 2.91. The summed E-state index contributed by atoms with van der Waals surface area (Å²) in [7, 11) is 0. The summed E-state index contributed by atoms with van der Waals surface area (Å²) in [6, 6.07) is -0.00651. The SMILES string of the molecule is CC(C)CC1NC(=O)CCN(C2CCC(C)C2C)C1=O. The molecule has 1 saturated heterocycles. The van der Waals surface area contributed by atoms with Crippen LogP contribution >= 0.6 is 0 Å². The summed E-state index contributed by atoms with van der Waals surface area (Å²) in [4.78, 5) is 26.6. The van der Waals surface area contributed by atoms with Gasteiger partial charge in [-0.2, -0.15) is 0 Å². The molecule has 1 saturated carbocycles. The fourth-order valence-electron chi connectivity index (χ4n) is 3.60. The van der Waals surface area contributed by atoms with Crippen molar-refractivity contribution in [2.24, 2.45) is 17.8 Å². The molecule has 1 heterocycles. The van der Waals surface area contributed by atoms with Gasteiger partial charge in [0.1, 0.15) is 6.04 Å². The third-order valence-electron chi connectivity index (χ3n) is 5.03. The highest BCUT2D eigenvalue weighted by Crippen LogP contribution is 2.35. The lowest BCUT2D eigenvalue weighted by atomic mass is 9.95. The average Bonchev–Trinajstić information content (AvgIpc) is 2.62. The molecule has 0 bridgehead atoms. The summed E-state index contributed by atoms with van der Waals surface area (Å²) >= 11 is 0. The van der Waals surface area contributed by atoms with Crippen molar-refractivity contribution in [1.29, 1.82) is 0 Å². The Hall–Kier alpha value is -1.06. The van der Waals surface area contributed by atoms with E-state index < -0.39 is 0 Å². The molecule has 1 N–H and O–H groups in total. The van der Waals surface area contributed by atoms with Crippen LogP contribution in [0.3, 0.4) is 0 Å². The van der Waals surface area contributed by atoms with E-state index in [0.717, 1.165) is 12.8 Å². The molecule has 1 aliphatic carbocycles. The van der Waals surface area contributed by atoms with E-state index in [1.54, 1.807) is 0 Å². The monoisotopic (exact) mass is 280 g/mol. The van der Waals surface area contributed by atoms with Crippen molar-refractivity contribution in [2.75, 3.05) is 6.54 Å². The molecule has 4 atom stereocenters. The van der Waals surface area contributed by atoms with Crippen LogP contribution in [0.5, 0.6) is 0 Å². The topological polar surface area (TPSA) is 49.4 Å². The second-order valence-electron chi connectivity index (χ2n) is 7.01. The molecule has 4 heteroatoms. The first-order chi connectivity index (χ1) is 9.40. The number of rotatable bonds is 3. The zero-order chi connectivity index (χ0) is 14.9. The van der Waals surface area contributed by atoms with Crippen LogP contribution in [0, 0.1) is 17.8 Å². The number of nitrogens with one attached hydrogen (secondary N) is 1. The maximum absolute atomic E-state index is 12.8. The van der Waals surface area contributed by atoms with E-state index in [4.69, 9.17) is 0 Å². The third-order valence-corrected chi connectivity index (χ3v) is 5.03. The van der Waals surface area contributed by atoms with E-state index in [-0.39, 0.29) is 17.9 Å². The van der Waals surface area contributed by atoms with E-state index in [2.05, 4.69) is 33.0 Å². The summed E-state index contributed by atoms with van der Waals surface area (Å²) in [5.41, 5.74) is 0. The second kappa shape index (κ2) is 6.15. The Bertz CT molecular complexity index is 381. The van der Waals surface area contributed by atoms with Gasteiger partial charge in [-0.1, -0.05) is 27.7 Å². The predicted octanol–water partition coefficient (Wildman–Crippen LogP) is 2.18. The molecule has 0 aromatic rings. The molecule has 114 valence electrons. The van der Waals surface area contributed by atoms with Gasteiger partial charge in [0, 0.05) is 19.0 Å². The number of hydrogen-bond acceptors (Lipinski definition) is 2. The zero-order valence-corrected chi connectivity index (χ0v) is 13.2. The van der Waals surface area contributed by atoms with Crippen LogP contribution in [0.4, 0.5) is 0 Å². The van der Waals surface area contributed by atoms with Crippen LogP contribution in [-0.4, -0.2) is 35.3 Å². The van der Waals surface area contributed by atoms with Crippen LogP contribution in [0.1, 0.15) is 53.4 Å². The van der Waals surface area contributed by atoms with Gasteiger partial charge in [-0.3, -0.25) is 9.59 Å². The Morgan fingerprint density at radius 2 is 1.95 bits per heavy atom. The molecular weight excluding hydrogens is 252 g/mol. The molecule has 4 nitrogen and oxygen atoms in total. The van der Waals surface area contributed by atoms with Gasteiger partial charge in [0.25, 0.3) is 0 Å². The number of nitrogens with zero attached hydrogens (tertiary/aromatic N) is 1. The zero-order valence-electron chi connectivity index (χ0n) is 13.2. The maximum Gasteiger partial charge on any atom is 0.245 e. The molecule has 0 aromatic heterocycles. The number of carbonyl (C=O) groups excluding carboxylic acids is 2. The Morgan fingerprint density at radius 1 is 1.25 bits per heavy atom. The van der Waals surface area contributed by atoms with Crippen molar-refractivity contribution in [3.8, 4) is 0 Å². The summed E-state index contributed by atoms with van der Waals surface area (Å²) in [6.07, 6.45) is 3.44. The Balaban J connectivity index is 2.15. The highest BCUT2D eigenvalue weighted by atomic mass is 16.2. The van der Waals surface area contributed by atoms with Gasteiger partial charge >= 0.3 is 0 Å². The van der Waals surface area contributed by atoms with Crippen LogP contribution in [0.25, 0.3) is 0 Å². The highest BCUT2D eigenvalue weighted by molar-refractivity contribution is 5.90. The van der Waals surface area contributed by atoms with E-state index >= 15 is 0 Å². The molecule has 20 heavy (non-hydrogen) atoms. The first-order valence-corrected chi connectivity index (χ1v) is 8.00. The molecule has 2 amide bonds. The molecule has 2 fully saturated rings. The minimum atomic E-state index is -0.326. The van der Waals surface area contributed by atoms with Crippen molar-refractivity contribution in [3.63, 3.8) is 0 Å². The second-order valence-corrected chi connectivity index (χ2v) is 7.01. The van der Waals surface area contributed by atoms with Gasteiger partial charge < -0.3 is 10.2 Å². The van der Waals surface area contributed by atoms with Crippen molar-refractivity contribution in [1.82, 2.24) is 10.2 Å². The maximum atomic E-state index is 12.8. The first kappa shape index (κ1) is 15.3. The van der Waals surface area contributed by atoms with Crippen LogP contribution < -0.4 is 5.32 Å². The summed E-state index contributed by atoms with van der Waals surface area (Å²) < 4.78 is 0. The van der Waals surface area contributed by atoms with Gasteiger partial charge in [-0.05, 0) is 37.0 Å². The largest absolute Gasteiger partial charge is 0.344 e. The standard InChI is InChI=1S/C16H28N2O2/c1-10(2)9-13-16(20)18(8-7-15(19)17-13)14-6-5-11(3)12(14)4/h10-14H,5-9H2,1-4H3,(H,17,19). The van der Waals surface area contributed by atoms with Crippen molar-refractivity contribution < 1.29 is 9.59 Å². The Labute approximate surface area is 122 Å². The normalized spacial score (nSPS) is 35.4. The fraction of sp³-hybridized carbons (Fsp3) is 0.875. The molecule has 0 aromatic carbocycles. The number of amides is 2. The lowest BCUT2D eigenvalue weighted by Gasteiger charge is -2.33. The lowest BCUT2D eigenvalue weighted by molar-refractivity contribution is -0.136. The Morgan fingerprint density at radius 3 is 2.50 bits per heavy atom. The van der Waals surface area contributed by atoms with Crippen molar-refractivity contribution in [2.45, 2.75) is 65.5 Å². The molecule has 2 rings (SSSR count). The van der Waals surface area contributed by atoms with E-state index in [0.29, 0.717) is 36.8 Å². The van der Waals surface area contributed by atoms with Gasteiger partial charge in [-0.25, -0.2) is 0 Å². The molecular formula is C16H28N2O2. The van der Waals surface area contributed by atoms with Gasteiger partial charge in [0.05, 0.1) is 0 Å². The molecule has 0 radical (unpaired) electrons. The van der Waals surface area contributed by atoms with E-state index in [9.17, 15) is 9.59 Å². The van der Waals surface area contributed by atoms with Crippen molar-refractivity contribution in [3.05, 3.63) is 0 Å². The fourth-order valence-corrected chi connectivity index (χ4v) is 3.60. The smallest absolute Gasteiger partial charge is 0.245 e. The minimum absolute atomic E-state index is 0.0187. The summed E-state index contributed by atoms with van der Waals surface area (Å²) in [6.45, 7) is 9.28. The number of carbonyl (C=O) groups is 2. The average molecular weight is 280 g/mol. The van der Waals surface area contributed by atoms with E-state index in [1.165, 1.54) is 6.42 Å². The predicted molar refractivity (Wildman–Crippen MR) is 79.1 cm³/mol. The molecule has 4 unspecified atom stereocenters. The molecule has 0 spiro atoms. The summed E-state index contributed by atoms with van der Waals surface area (Å²) in [5.74, 6) is 1.76. The number of hydrogen-bond donors (Lipinski definition) is 1. The van der Waals surface area contributed by atoms with E-state index in [1.807, 2.05) is 4.90 Å². The lowest BCUT2D eigenvalue weighted by Crippen LogP contribution is -2.49. The third kappa shape index (κ3) is 3.15. The quantitative estimate of drug-likeness (QED) is 0.861. The first-order valence-electron chi connectivity index (χ1n) is 8.00. The minimum Gasteiger partial charge on any atom is -0.344 e. The van der Waals surface area contributed by atoms with Gasteiger partial charge in [-0.15, -0.1) is 0 Å². The van der Waals surface area contributed by atoms with Gasteiger partial charge in [0.15, 0.2) is 0 Å². The van der Waals surface area contributed by atoms with Gasteiger partial charge in [0.2, 0.25) is 11.8 Å². The van der Waals surface area contributed by atoms with Crippen LogP contribution in [0.2, 0.25) is 0 Å².